The van der Waals surface area contributed by atoms with Crippen LogP contribution < -0.4 is 5.32 Å². The van der Waals surface area contributed by atoms with Crippen molar-refractivity contribution in [1.29, 1.82) is 0 Å². The van der Waals surface area contributed by atoms with Crippen molar-refractivity contribution < 1.29 is 39.5 Å². The van der Waals surface area contributed by atoms with Crippen LogP contribution in [0.25, 0.3) is 0 Å². The first-order valence-electron chi connectivity index (χ1n) is 5.97. The molecule has 0 aliphatic heterocycles. The molecule has 0 saturated heterocycles. The lowest BCUT2D eigenvalue weighted by atomic mass is 10.2. The summed E-state index contributed by atoms with van der Waals surface area (Å²) in [7, 11) is 1.37. The first kappa shape index (κ1) is 19.4. The smallest absolute Gasteiger partial charge is 0.335 e. The second-order valence-electron chi connectivity index (χ2n) is 3.86. The van der Waals surface area contributed by atoms with Crippen LogP contribution in [-0.2, 0) is 19.1 Å². The monoisotopic (exact) mass is 315 g/mol. The number of hydrogen-bond acceptors (Lipinski definition) is 7. The number of nitrogens with one attached hydrogen (secondary N) is 1. The molecular formula is C13H17NO8. The molecule has 0 bridgehead atoms. The summed E-state index contributed by atoms with van der Waals surface area (Å²) in [6, 6.07) is 9.51. The molecular weight excluding hydrogens is 298 g/mol. The highest BCUT2D eigenvalue weighted by Crippen LogP contribution is 2.03. The maximum Gasteiger partial charge on any atom is 0.335 e. The fraction of sp³-hybridized carbons (Fsp3) is 0.308. The zero-order valence-electron chi connectivity index (χ0n) is 11.7. The van der Waals surface area contributed by atoms with Crippen LogP contribution in [0.15, 0.2) is 30.3 Å². The van der Waals surface area contributed by atoms with Gasteiger partial charge in [-0.3, -0.25) is 4.79 Å². The van der Waals surface area contributed by atoms with Crippen molar-refractivity contribution in [3.05, 3.63) is 30.3 Å². The molecule has 1 rings (SSSR count). The average molecular weight is 315 g/mol. The summed E-state index contributed by atoms with van der Waals surface area (Å²) in [4.78, 5) is 30.2. The van der Waals surface area contributed by atoms with E-state index in [0.717, 1.165) is 5.69 Å². The second kappa shape index (κ2) is 10.1. The molecule has 2 atom stereocenters. The molecule has 1 aromatic rings. The van der Waals surface area contributed by atoms with Crippen molar-refractivity contribution in [3.8, 4) is 0 Å². The predicted molar refractivity (Wildman–Crippen MR) is 74.2 cm³/mol. The van der Waals surface area contributed by atoms with E-state index < -0.39 is 24.1 Å². The molecule has 0 spiro atoms. The Labute approximate surface area is 125 Å². The number of anilines is 1. The van der Waals surface area contributed by atoms with Gasteiger partial charge >= 0.3 is 17.9 Å². The van der Waals surface area contributed by atoms with E-state index in [0.29, 0.717) is 0 Å². The van der Waals surface area contributed by atoms with E-state index in [4.69, 9.17) is 20.4 Å². The van der Waals surface area contributed by atoms with Gasteiger partial charge in [0.1, 0.15) is 6.54 Å². The van der Waals surface area contributed by atoms with Crippen LogP contribution in [0.1, 0.15) is 0 Å². The summed E-state index contributed by atoms with van der Waals surface area (Å²) < 4.78 is 4.47. The predicted octanol–water partition coefficient (Wildman–Crippen LogP) is -0.851. The molecule has 0 heterocycles. The molecule has 9 heteroatoms. The lowest BCUT2D eigenvalue weighted by molar-refractivity contribution is -0.165. The molecule has 0 aromatic heterocycles. The first-order valence-corrected chi connectivity index (χ1v) is 5.97. The summed E-state index contributed by atoms with van der Waals surface area (Å²) >= 11 is 0. The molecule has 0 fully saturated rings. The number of carbonyl (C=O) groups excluding carboxylic acids is 1. The molecule has 0 aliphatic carbocycles. The number of aliphatic hydroxyl groups excluding tert-OH is 2. The van der Waals surface area contributed by atoms with Crippen LogP contribution in [0, 0.1) is 0 Å². The second-order valence-corrected chi connectivity index (χ2v) is 3.86. The van der Waals surface area contributed by atoms with Crippen molar-refractivity contribution in [2.45, 2.75) is 12.2 Å². The van der Waals surface area contributed by atoms with E-state index in [1.807, 2.05) is 30.3 Å². The van der Waals surface area contributed by atoms with Gasteiger partial charge in [-0.2, -0.15) is 0 Å². The van der Waals surface area contributed by atoms with Gasteiger partial charge in [-0.25, -0.2) is 9.59 Å². The van der Waals surface area contributed by atoms with E-state index >= 15 is 0 Å². The Bertz CT molecular complexity index is 472. The molecule has 5 N–H and O–H groups in total. The van der Waals surface area contributed by atoms with Crippen molar-refractivity contribution >= 4 is 23.6 Å². The van der Waals surface area contributed by atoms with Gasteiger partial charge in [0.15, 0.2) is 12.2 Å². The molecule has 122 valence electrons. The number of rotatable bonds is 6. The minimum atomic E-state index is -2.27. The minimum absolute atomic E-state index is 0.209. The lowest BCUT2D eigenvalue weighted by Crippen LogP contribution is -2.39. The van der Waals surface area contributed by atoms with Crippen LogP contribution in [0.4, 0.5) is 5.69 Å². The van der Waals surface area contributed by atoms with Crippen LogP contribution in [-0.4, -0.2) is 64.2 Å². The number of aliphatic carboxylic acids is 2. The van der Waals surface area contributed by atoms with Gasteiger partial charge in [-0.05, 0) is 12.1 Å². The number of esters is 1. The third kappa shape index (κ3) is 7.82. The normalized spacial score (nSPS) is 12.1. The molecule has 0 saturated carbocycles. The van der Waals surface area contributed by atoms with Crippen LogP contribution in [0.5, 0.6) is 0 Å². The zero-order chi connectivity index (χ0) is 17.1. The van der Waals surface area contributed by atoms with Gasteiger partial charge in [0.2, 0.25) is 0 Å². The number of carboxylic acids is 2. The Hall–Kier alpha value is -2.65. The Kier molecular flexibility index (Phi) is 8.91. The third-order valence-electron chi connectivity index (χ3n) is 2.24. The first-order chi connectivity index (χ1) is 10.3. The van der Waals surface area contributed by atoms with E-state index in [1.54, 1.807) is 0 Å². The quantitative estimate of drug-likeness (QED) is 0.422. The summed E-state index contributed by atoms with van der Waals surface area (Å²) in [5.74, 6) is -3.80. The fourth-order valence-corrected chi connectivity index (χ4v) is 1.07. The minimum Gasteiger partial charge on any atom is -0.479 e. The Morgan fingerprint density at radius 2 is 1.50 bits per heavy atom. The van der Waals surface area contributed by atoms with Gasteiger partial charge in [0, 0.05) is 5.69 Å². The van der Waals surface area contributed by atoms with Crippen LogP contribution in [0.3, 0.4) is 0 Å². The number of para-hydroxylation sites is 1. The number of benzene rings is 1. The molecule has 0 amide bonds. The summed E-state index contributed by atoms with van der Waals surface area (Å²) in [5.41, 5.74) is 0.919. The van der Waals surface area contributed by atoms with Crippen molar-refractivity contribution in [2.24, 2.45) is 0 Å². The highest BCUT2D eigenvalue weighted by Gasteiger charge is 2.29. The summed E-state index contributed by atoms with van der Waals surface area (Å²) in [6.07, 6.45) is -4.53. The van der Waals surface area contributed by atoms with Gasteiger partial charge < -0.3 is 30.5 Å². The van der Waals surface area contributed by atoms with Gasteiger partial charge in [-0.1, -0.05) is 18.2 Å². The largest absolute Gasteiger partial charge is 0.479 e. The summed E-state index contributed by atoms with van der Waals surface area (Å²) in [6.45, 7) is 0.209. The average Bonchev–Trinajstić information content (AvgIpc) is 2.52. The Morgan fingerprint density at radius 1 is 1.05 bits per heavy atom. The molecule has 22 heavy (non-hydrogen) atoms. The van der Waals surface area contributed by atoms with Crippen LogP contribution in [0.2, 0.25) is 0 Å². The SMILES string of the molecule is COC(=O)CNc1ccccc1.O=C(O)C(O)C(O)C(=O)O. The lowest BCUT2D eigenvalue weighted by Gasteiger charge is -2.07. The van der Waals surface area contributed by atoms with E-state index in [9.17, 15) is 14.4 Å². The van der Waals surface area contributed by atoms with Gasteiger partial charge in [0.05, 0.1) is 7.11 Å². The van der Waals surface area contributed by atoms with Crippen molar-refractivity contribution in [2.75, 3.05) is 19.0 Å². The maximum atomic E-state index is 10.7. The van der Waals surface area contributed by atoms with E-state index in [-0.39, 0.29) is 12.5 Å². The highest BCUT2D eigenvalue weighted by atomic mass is 16.5. The van der Waals surface area contributed by atoms with E-state index in [2.05, 4.69) is 10.1 Å². The third-order valence-corrected chi connectivity index (χ3v) is 2.24. The number of carboxylic acid groups (broad SMARTS) is 2. The number of methoxy groups -OCH3 is 1. The maximum absolute atomic E-state index is 10.7. The number of carbonyl (C=O) groups is 3. The number of hydrogen-bond donors (Lipinski definition) is 5. The molecule has 0 aliphatic rings. The van der Waals surface area contributed by atoms with Crippen molar-refractivity contribution in [3.63, 3.8) is 0 Å². The fourth-order valence-electron chi connectivity index (χ4n) is 1.07. The van der Waals surface area contributed by atoms with Crippen LogP contribution >= 0.6 is 0 Å². The number of aliphatic hydroxyl groups is 2. The highest BCUT2D eigenvalue weighted by molar-refractivity contribution is 5.83. The van der Waals surface area contributed by atoms with Gasteiger partial charge in [0.25, 0.3) is 0 Å². The molecule has 2 unspecified atom stereocenters. The molecule has 9 nitrogen and oxygen atoms in total. The Morgan fingerprint density at radius 3 is 1.86 bits per heavy atom. The molecule has 1 aromatic carbocycles. The van der Waals surface area contributed by atoms with E-state index in [1.165, 1.54) is 7.11 Å². The topological polar surface area (TPSA) is 153 Å². The van der Waals surface area contributed by atoms with Gasteiger partial charge in [-0.15, -0.1) is 0 Å². The zero-order valence-corrected chi connectivity index (χ0v) is 11.7. The standard InChI is InChI=1S/C9H11NO2.C4H6O6/c1-12-9(11)7-10-8-5-3-2-4-6-8;5-1(3(7)8)2(6)4(9)10/h2-6,10H,7H2,1H3;1-2,5-6H,(H,7,8)(H,9,10). The Balaban J connectivity index is 0.000000409. The van der Waals surface area contributed by atoms with Crippen molar-refractivity contribution in [1.82, 2.24) is 0 Å². The molecule has 0 radical (unpaired) electrons. The summed E-state index contributed by atoms with van der Waals surface area (Å²) in [5, 5.41) is 35.4. The number of ether oxygens (including phenoxy) is 1.